The number of hydrogen-bond acceptors (Lipinski definition) is 6. The van der Waals surface area contributed by atoms with E-state index in [0.717, 1.165) is 63.2 Å². The Labute approximate surface area is 166 Å². The highest BCUT2D eigenvalue weighted by Crippen LogP contribution is 2.26. The second kappa shape index (κ2) is 8.92. The average Bonchev–Trinajstić information content (AvgIpc) is 2.94. The maximum absolute atomic E-state index is 6.11. The number of benzene rings is 2. The Kier molecular flexibility index (Phi) is 6.12. The quantitative estimate of drug-likeness (QED) is 0.856. The van der Waals surface area contributed by atoms with Crippen LogP contribution in [0.3, 0.4) is 0 Å². The molecule has 2 aromatic carbocycles. The van der Waals surface area contributed by atoms with Gasteiger partial charge in [0.25, 0.3) is 0 Å². The summed E-state index contributed by atoms with van der Waals surface area (Å²) in [5, 5.41) is 3.43. The third-order valence-corrected chi connectivity index (χ3v) is 5.16. The smallest absolute Gasteiger partial charge is 0.127 e. The number of hydrogen-bond donors (Lipinski definition) is 1. The van der Waals surface area contributed by atoms with E-state index in [9.17, 15) is 0 Å². The van der Waals surface area contributed by atoms with E-state index in [1.54, 1.807) is 7.11 Å². The van der Waals surface area contributed by atoms with Gasteiger partial charge in [-0.2, -0.15) is 0 Å². The predicted molar refractivity (Wildman–Crippen MR) is 107 cm³/mol. The molecule has 1 N–H and O–H groups in total. The van der Waals surface area contributed by atoms with Crippen LogP contribution in [0.4, 0.5) is 0 Å². The number of rotatable bonds is 5. The van der Waals surface area contributed by atoms with E-state index in [0.29, 0.717) is 6.61 Å². The van der Waals surface area contributed by atoms with Gasteiger partial charge in [-0.3, -0.25) is 4.90 Å². The Morgan fingerprint density at radius 1 is 1.07 bits per heavy atom. The molecule has 0 amide bonds. The van der Waals surface area contributed by atoms with Gasteiger partial charge in [-0.25, -0.2) is 0 Å². The minimum atomic E-state index is -0.244. The molecular formula is C22H28N2O4. The van der Waals surface area contributed by atoms with Crippen LogP contribution in [0.2, 0.25) is 0 Å². The first-order chi connectivity index (χ1) is 13.7. The monoisotopic (exact) mass is 384 g/mol. The summed E-state index contributed by atoms with van der Waals surface area (Å²) in [4.78, 5) is 2.44. The molecule has 1 spiro atoms. The third kappa shape index (κ3) is 4.83. The van der Waals surface area contributed by atoms with Gasteiger partial charge < -0.3 is 24.3 Å². The maximum atomic E-state index is 6.11. The number of methoxy groups -OCH3 is 1. The van der Waals surface area contributed by atoms with Crippen molar-refractivity contribution in [2.45, 2.75) is 12.1 Å². The van der Waals surface area contributed by atoms with E-state index in [-0.39, 0.29) is 5.60 Å². The van der Waals surface area contributed by atoms with E-state index < -0.39 is 0 Å². The molecule has 6 heteroatoms. The van der Waals surface area contributed by atoms with E-state index in [2.05, 4.69) is 22.3 Å². The normalized spacial score (nSPS) is 23.3. The molecule has 2 fully saturated rings. The lowest BCUT2D eigenvalue weighted by molar-refractivity contribution is -0.135. The minimum Gasteiger partial charge on any atom is -0.497 e. The van der Waals surface area contributed by atoms with Gasteiger partial charge in [0, 0.05) is 32.7 Å². The molecule has 2 saturated heterocycles. The fourth-order valence-electron chi connectivity index (χ4n) is 3.77. The van der Waals surface area contributed by atoms with Gasteiger partial charge in [-0.15, -0.1) is 0 Å². The predicted octanol–water partition coefficient (Wildman–Crippen LogP) is 2.68. The van der Waals surface area contributed by atoms with Crippen LogP contribution in [0.15, 0.2) is 48.5 Å². The topological polar surface area (TPSA) is 52.2 Å². The highest BCUT2D eigenvalue weighted by atomic mass is 16.5. The molecule has 28 heavy (non-hydrogen) atoms. The van der Waals surface area contributed by atoms with Gasteiger partial charge in [0.05, 0.1) is 26.9 Å². The minimum absolute atomic E-state index is 0.244. The molecule has 0 bridgehead atoms. The summed E-state index contributed by atoms with van der Waals surface area (Å²) in [5.74, 6) is 2.45. The number of nitrogens with zero attached hydrogens (tertiary/aromatic N) is 1. The summed E-state index contributed by atoms with van der Waals surface area (Å²) in [6.07, 6.45) is 0. The lowest BCUT2D eigenvalue weighted by Gasteiger charge is -2.41. The molecule has 4 rings (SSSR count). The summed E-state index contributed by atoms with van der Waals surface area (Å²) < 4.78 is 23.1. The molecule has 0 saturated carbocycles. The first kappa shape index (κ1) is 19.2. The second-order valence-corrected chi connectivity index (χ2v) is 7.40. The fraction of sp³-hybridized carbons (Fsp3) is 0.455. The summed E-state index contributed by atoms with van der Waals surface area (Å²) in [5.41, 5.74) is 0.983. The van der Waals surface area contributed by atoms with E-state index in [1.807, 2.05) is 36.4 Å². The summed E-state index contributed by atoms with van der Waals surface area (Å²) in [6.45, 7) is 6.50. The zero-order valence-electron chi connectivity index (χ0n) is 16.4. The van der Waals surface area contributed by atoms with Crippen LogP contribution in [-0.4, -0.2) is 63.6 Å². The number of ether oxygens (including phenoxy) is 4. The van der Waals surface area contributed by atoms with Crippen molar-refractivity contribution in [2.24, 2.45) is 0 Å². The molecule has 150 valence electrons. The zero-order valence-corrected chi connectivity index (χ0v) is 16.4. The van der Waals surface area contributed by atoms with Gasteiger partial charge in [0.1, 0.15) is 22.8 Å². The molecule has 0 unspecified atom stereocenters. The van der Waals surface area contributed by atoms with Crippen molar-refractivity contribution in [3.8, 4) is 17.2 Å². The SMILES string of the molecule is COc1ccc(Oc2cccc(CN3CCO[C@]4(CNCCOC4)C3)c2)cc1. The van der Waals surface area contributed by atoms with Crippen molar-refractivity contribution in [1.29, 1.82) is 0 Å². The third-order valence-electron chi connectivity index (χ3n) is 5.16. The standard InChI is InChI=1S/C22H28N2O4/c1-25-19-5-7-20(8-6-19)28-21-4-2-3-18(13-21)14-24-10-12-27-22(16-24)15-23-9-11-26-17-22/h2-8,13,23H,9-12,14-17H2,1H3/t22-/m1/s1. The first-order valence-corrected chi connectivity index (χ1v) is 9.80. The number of morpholine rings is 1. The molecule has 0 aliphatic carbocycles. The van der Waals surface area contributed by atoms with Crippen molar-refractivity contribution >= 4 is 0 Å². The van der Waals surface area contributed by atoms with Crippen LogP contribution in [-0.2, 0) is 16.0 Å². The van der Waals surface area contributed by atoms with Gasteiger partial charge in [0.2, 0.25) is 0 Å². The molecule has 0 radical (unpaired) electrons. The molecule has 2 aromatic rings. The molecule has 2 aliphatic heterocycles. The van der Waals surface area contributed by atoms with Crippen LogP contribution in [0.1, 0.15) is 5.56 Å². The van der Waals surface area contributed by atoms with Crippen LogP contribution in [0, 0.1) is 0 Å². The molecule has 2 heterocycles. The Morgan fingerprint density at radius 3 is 2.79 bits per heavy atom. The molecular weight excluding hydrogens is 356 g/mol. The summed E-state index contributed by atoms with van der Waals surface area (Å²) in [6, 6.07) is 15.9. The van der Waals surface area contributed by atoms with E-state index in [1.165, 1.54) is 5.56 Å². The highest BCUT2D eigenvalue weighted by molar-refractivity contribution is 5.36. The Bertz CT molecular complexity index is 757. The Morgan fingerprint density at radius 2 is 1.93 bits per heavy atom. The highest BCUT2D eigenvalue weighted by Gasteiger charge is 2.37. The van der Waals surface area contributed by atoms with Crippen LogP contribution in [0.25, 0.3) is 0 Å². The van der Waals surface area contributed by atoms with Crippen molar-refractivity contribution in [1.82, 2.24) is 10.2 Å². The van der Waals surface area contributed by atoms with Crippen molar-refractivity contribution in [2.75, 3.05) is 53.1 Å². The van der Waals surface area contributed by atoms with Crippen LogP contribution in [0.5, 0.6) is 17.2 Å². The van der Waals surface area contributed by atoms with Crippen LogP contribution >= 0.6 is 0 Å². The molecule has 2 aliphatic rings. The Hall–Kier alpha value is -2.12. The number of nitrogens with one attached hydrogen (secondary N) is 1. The van der Waals surface area contributed by atoms with Crippen LogP contribution < -0.4 is 14.8 Å². The molecule has 0 aromatic heterocycles. The second-order valence-electron chi connectivity index (χ2n) is 7.40. The average molecular weight is 384 g/mol. The molecule has 6 nitrogen and oxygen atoms in total. The van der Waals surface area contributed by atoms with Crippen molar-refractivity contribution in [3.63, 3.8) is 0 Å². The first-order valence-electron chi connectivity index (χ1n) is 9.80. The summed E-state index contributed by atoms with van der Waals surface area (Å²) >= 11 is 0. The van der Waals surface area contributed by atoms with Crippen molar-refractivity contribution < 1.29 is 18.9 Å². The van der Waals surface area contributed by atoms with Gasteiger partial charge >= 0.3 is 0 Å². The van der Waals surface area contributed by atoms with Gasteiger partial charge in [-0.1, -0.05) is 12.1 Å². The molecule has 1 atom stereocenters. The Balaban J connectivity index is 1.39. The van der Waals surface area contributed by atoms with E-state index >= 15 is 0 Å². The largest absolute Gasteiger partial charge is 0.497 e. The summed E-state index contributed by atoms with van der Waals surface area (Å²) in [7, 11) is 1.66. The lowest BCUT2D eigenvalue weighted by Crippen LogP contribution is -2.57. The van der Waals surface area contributed by atoms with Gasteiger partial charge in [0.15, 0.2) is 0 Å². The van der Waals surface area contributed by atoms with Crippen molar-refractivity contribution in [3.05, 3.63) is 54.1 Å². The lowest BCUT2D eigenvalue weighted by atomic mass is 10.0. The fourth-order valence-corrected chi connectivity index (χ4v) is 3.77. The van der Waals surface area contributed by atoms with E-state index in [4.69, 9.17) is 18.9 Å². The maximum Gasteiger partial charge on any atom is 0.127 e. The van der Waals surface area contributed by atoms with Gasteiger partial charge in [-0.05, 0) is 42.0 Å². The zero-order chi connectivity index (χ0) is 19.2.